The van der Waals surface area contributed by atoms with Crippen LogP contribution < -0.4 is 4.90 Å². The number of nitrogens with zero attached hydrogens (tertiary/aromatic N) is 3. The quantitative estimate of drug-likeness (QED) is 0.808. The fourth-order valence-corrected chi connectivity index (χ4v) is 2.43. The van der Waals surface area contributed by atoms with Crippen LogP contribution in [-0.4, -0.2) is 18.3 Å². The Bertz CT molecular complexity index is 615. The average molecular weight is 278 g/mol. The molecule has 4 nitrogen and oxygen atoms in total. The maximum absolute atomic E-state index is 10.7. The van der Waals surface area contributed by atoms with Crippen molar-refractivity contribution in [3.05, 3.63) is 39.9 Å². The molecule has 0 aliphatic carbocycles. The molecule has 0 saturated carbocycles. The number of aldehydes is 1. The number of anilines is 2. The molecule has 0 atom stereocenters. The third kappa shape index (κ3) is 2.35. The second kappa shape index (κ2) is 5.17. The fourth-order valence-electron chi connectivity index (χ4n) is 1.39. The number of thiazole rings is 1. The Morgan fingerprint density at radius 3 is 2.61 bits per heavy atom. The van der Waals surface area contributed by atoms with Crippen molar-refractivity contribution in [2.45, 2.75) is 0 Å². The van der Waals surface area contributed by atoms with E-state index < -0.39 is 0 Å². The number of hydrogen-bond donors (Lipinski definition) is 0. The lowest BCUT2D eigenvalue weighted by Gasteiger charge is -2.15. The predicted octanol–water partition coefficient (Wildman–Crippen LogP) is 3.25. The largest absolute Gasteiger partial charge is 0.321 e. The van der Waals surface area contributed by atoms with Crippen LogP contribution in [0.25, 0.3) is 0 Å². The van der Waals surface area contributed by atoms with Gasteiger partial charge < -0.3 is 4.90 Å². The number of hydrogen-bond acceptors (Lipinski definition) is 5. The summed E-state index contributed by atoms with van der Waals surface area (Å²) < 4.78 is 0. The highest BCUT2D eigenvalue weighted by Crippen LogP contribution is 2.31. The van der Waals surface area contributed by atoms with E-state index in [-0.39, 0.29) is 5.15 Å². The molecule has 0 radical (unpaired) electrons. The monoisotopic (exact) mass is 277 g/mol. The van der Waals surface area contributed by atoms with Crippen molar-refractivity contribution < 1.29 is 4.79 Å². The molecule has 0 saturated heterocycles. The second-order valence-electron chi connectivity index (χ2n) is 3.49. The lowest BCUT2D eigenvalue weighted by molar-refractivity contribution is 0.112. The first-order valence-corrected chi connectivity index (χ1v) is 6.20. The predicted molar refractivity (Wildman–Crippen MR) is 71.7 cm³/mol. The second-order valence-corrected chi connectivity index (χ2v) is 4.85. The van der Waals surface area contributed by atoms with E-state index in [0.717, 1.165) is 5.69 Å². The summed E-state index contributed by atoms with van der Waals surface area (Å²) in [4.78, 5) is 17.0. The van der Waals surface area contributed by atoms with E-state index in [1.54, 1.807) is 12.1 Å². The zero-order chi connectivity index (χ0) is 13.1. The molecule has 0 bridgehead atoms. The molecule has 2 aromatic rings. The van der Waals surface area contributed by atoms with Gasteiger partial charge in [-0.25, -0.2) is 4.98 Å². The van der Waals surface area contributed by atoms with Crippen LogP contribution in [0, 0.1) is 11.3 Å². The van der Waals surface area contributed by atoms with Crippen LogP contribution in [-0.2, 0) is 0 Å². The third-order valence-corrected chi connectivity index (χ3v) is 3.83. The van der Waals surface area contributed by atoms with Crippen LogP contribution in [0.15, 0.2) is 24.3 Å². The molecule has 18 heavy (non-hydrogen) atoms. The average Bonchev–Trinajstić information content (AvgIpc) is 2.79. The number of nitriles is 1. The summed E-state index contributed by atoms with van der Waals surface area (Å²) in [5.41, 5.74) is 1.47. The first-order valence-electron chi connectivity index (χ1n) is 5.01. The summed E-state index contributed by atoms with van der Waals surface area (Å²) in [6.07, 6.45) is 0.691. The Morgan fingerprint density at radius 1 is 1.44 bits per heavy atom. The molecular weight excluding hydrogens is 270 g/mol. The molecule has 0 N–H and O–H groups in total. The van der Waals surface area contributed by atoms with Gasteiger partial charge in [0.25, 0.3) is 0 Å². The van der Waals surface area contributed by atoms with Crippen molar-refractivity contribution in [1.82, 2.24) is 4.98 Å². The molecule has 90 valence electrons. The van der Waals surface area contributed by atoms with Crippen molar-refractivity contribution in [2.75, 3.05) is 11.9 Å². The van der Waals surface area contributed by atoms with E-state index in [0.29, 0.717) is 21.9 Å². The summed E-state index contributed by atoms with van der Waals surface area (Å²) in [5.74, 6) is 0. The van der Waals surface area contributed by atoms with E-state index in [1.165, 1.54) is 11.3 Å². The van der Waals surface area contributed by atoms with Crippen molar-refractivity contribution in [3.8, 4) is 6.07 Å². The third-order valence-electron chi connectivity index (χ3n) is 2.38. The zero-order valence-corrected chi connectivity index (χ0v) is 11.0. The lowest BCUT2D eigenvalue weighted by atomic mass is 10.2. The van der Waals surface area contributed by atoms with E-state index in [4.69, 9.17) is 16.9 Å². The highest BCUT2D eigenvalue weighted by molar-refractivity contribution is 7.17. The van der Waals surface area contributed by atoms with Gasteiger partial charge in [-0.1, -0.05) is 22.9 Å². The summed E-state index contributed by atoms with van der Waals surface area (Å²) in [6, 6.07) is 9.13. The highest BCUT2D eigenvalue weighted by atomic mass is 35.5. The molecule has 6 heteroatoms. The lowest BCUT2D eigenvalue weighted by Crippen LogP contribution is -2.08. The standard InChI is InChI=1S/C12H8ClN3OS/c1-16(9-4-2-8(6-14)3-5-9)12-15-11(13)10(7-17)18-12/h2-5,7H,1H3. The maximum atomic E-state index is 10.7. The number of aromatic nitrogens is 1. The number of carbonyl (C=O) groups is 1. The molecule has 2 rings (SSSR count). The molecule has 0 unspecified atom stereocenters. The van der Waals surface area contributed by atoms with Gasteiger partial charge in [0.05, 0.1) is 11.6 Å². The normalized spacial score (nSPS) is 9.83. The first kappa shape index (κ1) is 12.6. The van der Waals surface area contributed by atoms with Crippen LogP contribution in [0.5, 0.6) is 0 Å². The first-order chi connectivity index (χ1) is 8.65. The highest BCUT2D eigenvalue weighted by Gasteiger charge is 2.13. The molecule has 1 heterocycles. The van der Waals surface area contributed by atoms with Gasteiger partial charge in [0.2, 0.25) is 0 Å². The zero-order valence-electron chi connectivity index (χ0n) is 9.42. The molecule has 1 aromatic carbocycles. The SMILES string of the molecule is CN(c1ccc(C#N)cc1)c1nc(Cl)c(C=O)s1. The fraction of sp³-hybridized carbons (Fsp3) is 0.0833. The minimum atomic E-state index is 0.213. The van der Waals surface area contributed by atoms with Gasteiger partial charge in [0, 0.05) is 12.7 Å². The number of rotatable bonds is 3. The Hall–Kier alpha value is -1.90. The molecular formula is C12H8ClN3OS. The molecule has 0 fully saturated rings. The Kier molecular flexibility index (Phi) is 3.60. The van der Waals surface area contributed by atoms with Crippen molar-refractivity contribution in [2.24, 2.45) is 0 Å². The summed E-state index contributed by atoms with van der Waals surface area (Å²) >= 11 is 7.04. The minimum Gasteiger partial charge on any atom is -0.321 e. The molecule has 0 aliphatic rings. The van der Waals surface area contributed by atoms with Gasteiger partial charge in [-0.15, -0.1) is 0 Å². The van der Waals surface area contributed by atoms with Gasteiger partial charge in [0.1, 0.15) is 4.88 Å². The van der Waals surface area contributed by atoms with E-state index in [2.05, 4.69) is 11.1 Å². The van der Waals surface area contributed by atoms with Gasteiger partial charge in [-0.2, -0.15) is 5.26 Å². The van der Waals surface area contributed by atoms with Crippen molar-refractivity contribution >= 4 is 40.0 Å². The summed E-state index contributed by atoms with van der Waals surface area (Å²) in [5, 5.41) is 9.57. The molecule has 0 aliphatic heterocycles. The van der Waals surface area contributed by atoms with Crippen LogP contribution >= 0.6 is 22.9 Å². The van der Waals surface area contributed by atoms with Gasteiger partial charge in [-0.05, 0) is 24.3 Å². The molecule has 0 amide bonds. The van der Waals surface area contributed by atoms with Gasteiger partial charge in [-0.3, -0.25) is 4.79 Å². The number of benzene rings is 1. The molecule has 0 spiro atoms. The smallest absolute Gasteiger partial charge is 0.191 e. The van der Waals surface area contributed by atoms with Gasteiger partial charge in [0.15, 0.2) is 16.6 Å². The number of carbonyl (C=O) groups excluding carboxylic acids is 1. The van der Waals surface area contributed by atoms with Crippen LogP contribution in [0.2, 0.25) is 5.15 Å². The van der Waals surface area contributed by atoms with Crippen molar-refractivity contribution in [1.29, 1.82) is 5.26 Å². The summed E-state index contributed by atoms with van der Waals surface area (Å²) in [7, 11) is 1.82. The van der Waals surface area contributed by atoms with Crippen LogP contribution in [0.4, 0.5) is 10.8 Å². The summed E-state index contributed by atoms with van der Waals surface area (Å²) in [6.45, 7) is 0. The van der Waals surface area contributed by atoms with Crippen LogP contribution in [0.3, 0.4) is 0 Å². The number of halogens is 1. The van der Waals surface area contributed by atoms with E-state index in [9.17, 15) is 4.79 Å². The Morgan fingerprint density at radius 2 is 2.11 bits per heavy atom. The van der Waals surface area contributed by atoms with E-state index in [1.807, 2.05) is 24.1 Å². The Balaban J connectivity index is 2.32. The van der Waals surface area contributed by atoms with Crippen molar-refractivity contribution in [3.63, 3.8) is 0 Å². The molecule has 1 aromatic heterocycles. The Labute approximate surface area is 113 Å². The van der Waals surface area contributed by atoms with Gasteiger partial charge >= 0.3 is 0 Å². The maximum Gasteiger partial charge on any atom is 0.191 e. The van der Waals surface area contributed by atoms with E-state index >= 15 is 0 Å². The van der Waals surface area contributed by atoms with Crippen LogP contribution in [0.1, 0.15) is 15.2 Å². The topological polar surface area (TPSA) is 57.0 Å². The minimum absolute atomic E-state index is 0.213.